The Morgan fingerprint density at radius 1 is 1.32 bits per heavy atom. The van der Waals surface area contributed by atoms with Gasteiger partial charge in [-0.1, -0.05) is 22.9 Å². The fraction of sp³-hybridized carbons (Fsp3) is 0.556. The molecular weight excluding hydrogens is 450 g/mol. The summed E-state index contributed by atoms with van der Waals surface area (Å²) in [6.45, 7) is 2.49. The molecule has 0 radical (unpaired) electrons. The normalized spacial score (nSPS) is 21.5. The summed E-state index contributed by atoms with van der Waals surface area (Å²) in [5.41, 5.74) is 5.19. The number of β-amino-alcohol motifs (C(OH)–C–C–N with tert-alkyl or cyclic N) is 1. The van der Waals surface area contributed by atoms with Crippen LogP contribution in [0.3, 0.4) is 0 Å². The van der Waals surface area contributed by atoms with Crippen LogP contribution in [0.5, 0.6) is 0 Å². The zero-order valence-corrected chi connectivity index (χ0v) is 18.1. The lowest BCUT2D eigenvalue weighted by Crippen LogP contribution is -2.51. The molecular formula is C18H26BrN3O5S. The summed E-state index contributed by atoms with van der Waals surface area (Å²) >= 11 is 3.26. The number of carbonyl (C=O) groups excluding carboxylic acids is 2. The van der Waals surface area contributed by atoms with E-state index in [1.165, 1.54) is 12.1 Å². The minimum atomic E-state index is -4.18. The van der Waals surface area contributed by atoms with Crippen LogP contribution in [0.2, 0.25) is 0 Å². The SMILES string of the molecule is C[C@@H](CC(N)=O)CC(=O)N(C1CCCNCC1O)S(=O)(=O)c1ccc(Br)cc1. The van der Waals surface area contributed by atoms with Crippen LogP contribution in [0.15, 0.2) is 33.6 Å². The Balaban J connectivity index is 2.41. The van der Waals surface area contributed by atoms with E-state index in [-0.39, 0.29) is 24.3 Å². The molecule has 0 aromatic heterocycles. The number of nitrogens with two attached hydrogens (primary N) is 1. The number of sulfonamides is 1. The van der Waals surface area contributed by atoms with E-state index in [2.05, 4.69) is 21.2 Å². The van der Waals surface area contributed by atoms with E-state index in [0.717, 1.165) is 4.31 Å². The first kappa shape index (κ1) is 22.8. The number of hydrogen-bond donors (Lipinski definition) is 3. The Kier molecular flexibility index (Phi) is 7.99. The second-order valence-corrected chi connectivity index (χ2v) is 9.84. The number of amides is 2. The van der Waals surface area contributed by atoms with Crippen molar-refractivity contribution in [1.29, 1.82) is 0 Å². The first-order valence-electron chi connectivity index (χ1n) is 9.13. The predicted molar refractivity (Wildman–Crippen MR) is 108 cm³/mol. The molecule has 1 aromatic rings. The van der Waals surface area contributed by atoms with Gasteiger partial charge < -0.3 is 16.2 Å². The number of nitrogens with zero attached hydrogens (tertiary/aromatic N) is 1. The summed E-state index contributed by atoms with van der Waals surface area (Å²) in [7, 11) is -4.18. The van der Waals surface area contributed by atoms with Crippen LogP contribution in [0.1, 0.15) is 32.6 Å². The largest absolute Gasteiger partial charge is 0.390 e. The molecule has 1 fully saturated rings. The Morgan fingerprint density at radius 3 is 2.57 bits per heavy atom. The van der Waals surface area contributed by atoms with E-state index in [0.29, 0.717) is 23.9 Å². The Morgan fingerprint density at radius 2 is 1.96 bits per heavy atom. The summed E-state index contributed by atoms with van der Waals surface area (Å²) in [5.74, 6) is -1.61. The number of primary amides is 1. The van der Waals surface area contributed by atoms with Gasteiger partial charge in [-0.05, 0) is 49.6 Å². The van der Waals surface area contributed by atoms with Crippen molar-refractivity contribution in [1.82, 2.24) is 9.62 Å². The van der Waals surface area contributed by atoms with Gasteiger partial charge in [-0.25, -0.2) is 12.7 Å². The van der Waals surface area contributed by atoms with Gasteiger partial charge in [-0.15, -0.1) is 0 Å². The number of aliphatic hydroxyl groups excluding tert-OH is 1. The molecule has 8 nitrogen and oxygen atoms in total. The van der Waals surface area contributed by atoms with Crippen LogP contribution in [0.25, 0.3) is 0 Å². The molecule has 0 spiro atoms. The first-order valence-corrected chi connectivity index (χ1v) is 11.4. The number of aliphatic hydroxyl groups is 1. The summed E-state index contributed by atoms with van der Waals surface area (Å²) in [6, 6.07) is 5.10. The molecule has 1 saturated heterocycles. The molecule has 10 heteroatoms. The number of benzene rings is 1. The van der Waals surface area contributed by atoms with E-state index in [1.807, 2.05) is 0 Å². The second kappa shape index (κ2) is 9.82. The smallest absolute Gasteiger partial charge is 0.266 e. The van der Waals surface area contributed by atoms with Crippen molar-refractivity contribution in [2.45, 2.75) is 49.6 Å². The van der Waals surface area contributed by atoms with Crippen molar-refractivity contribution < 1.29 is 23.1 Å². The van der Waals surface area contributed by atoms with Crippen molar-refractivity contribution in [3.8, 4) is 0 Å². The molecule has 2 rings (SSSR count). The minimum Gasteiger partial charge on any atom is -0.390 e. The van der Waals surface area contributed by atoms with Crippen molar-refractivity contribution in [2.75, 3.05) is 13.1 Å². The monoisotopic (exact) mass is 475 g/mol. The molecule has 1 heterocycles. The number of nitrogens with one attached hydrogen (secondary N) is 1. The Labute approximate surface area is 173 Å². The fourth-order valence-electron chi connectivity index (χ4n) is 3.31. The van der Waals surface area contributed by atoms with Crippen LogP contribution in [0.4, 0.5) is 0 Å². The lowest BCUT2D eigenvalue weighted by atomic mass is 10.0. The van der Waals surface area contributed by atoms with E-state index >= 15 is 0 Å². The molecule has 28 heavy (non-hydrogen) atoms. The van der Waals surface area contributed by atoms with Gasteiger partial charge in [0.15, 0.2) is 0 Å². The summed E-state index contributed by atoms with van der Waals surface area (Å²) in [5, 5.41) is 13.5. The second-order valence-electron chi connectivity index (χ2n) is 7.11. The third-order valence-corrected chi connectivity index (χ3v) is 7.03. The summed E-state index contributed by atoms with van der Waals surface area (Å²) < 4.78 is 28.1. The highest BCUT2D eigenvalue weighted by atomic mass is 79.9. The lowest BCUT2D eigenvalue weighted by Gasteiger charge is -2.33. The van der Waals surface area contributed by atoms with Gasteiger partial charge in [-0.2, -0.15) is 0 Å². The quantitative estimate of drug-likeness (QED) is 0.538. The third kappa shape index (κ3) is 5.76. The number of rotatable bonds is 7. The molecule has 2 amide bonds. The molecule has 0 aliphatic carbocycles. The van der Waals surface area contributed by atoms with Crippen molar-refractivity contribution in [2.24, 2.45) is 11.7 Å². The topological polar surface area (TPSA) is 130 Å². The van der Waals surface area contributed by atoms with Crippen molar-refractivity contribution >= 4 is 37.8 Å². The van der Waals surface area contributed by atoms with Gasteiger partial charge in [0.05, 0.1) is 17.0 Å². The van der Waals surface area contributed by atoms with Crippen LogP contribution in [0, 0.1) is 5.92 Å². The van der Waals surface area contributed by atoms with E-state index in [9.17, 15) is 23.1 Å². The maximum atomic E-state index is 13.3. The number of carbonyl (C=O) groups is 2. The van der Waals surface area contributed by atoms with Gasteiger partial charge in [0.1, 0.15) is 0 Å². The molecule has 0 bridgehead atoms. The maximum absolute atomic E-state index is 13.3. The average molecular weight is 476 g/mol. The third-order valence-electron chi connectivity index (χ3n) is 4.64. The van der Waals surface area contributed by atoms with E-state index in [1.54, 1.807) is 19.1 Å². The van der Waals surface area contributed by atoms with Crippen molar-refractivity contribution in [3.63, 3.8) is 0 Å². The zero-order valence-electron chi connectivity index (χ0n) is 15.7. The van der Waals surface area contributed by atoms with Gasteiger partial charge in [-0.3, -0.25) is 9.59 Å². The van der Waals surface area contributed by atoms with Gasteiger partial charge in [0.2, 0.25) is 11.8 Å². The maximum Gasteiger partial charge on any atom is 0.266 e. The van der Waals surface area contributed by atoms with Crippen LogP contribution in [-0.4, -0.2) is 54.9 Å². The molecule has 156 valence electrons. The van der Waals surface area contributed by atoms with E-state index < -0.39 is 39.9 Å². The molecule has 2 unspecified atom stereocenters. The first-order chi connectivity index (χ1) is 13.1. The minimum absolute atomic E-state index is 0.0211. The average Bonchev–Trinajstić information content (AvgIpc) is 2.79. The number of halogens is 1. The lowest BCUT2D eigenvalue weighted by molar-refractivity contribution is -0.130. The summed E-state index contributed by atoms with van der Waals surface area (Å²) in [4.78, 5) is 24.1. The molecule has 4 N–H and O–H groups in total. The predicted octanol–water partition coefficient (Wildman–Crippen LogP) is 0.981. The standard InChI is InChI=1S/C18H26BrN3O5S/c1-12(9-17(20)24)10-18(25)22(15-3-2-8-21-11-16(15)23)28(26,27)14-6-4-13(19)5-7-14/h4-7,12,15-16,21,23H,2-3,8-11H2,1H3,(H2,20,24)/t12-,15?,16?/m0/s1. The number of hydrogen-bond acceptors (Lipinski definition) is 6. The summed E-state index contributed by atoms with van der Waals surface area (Å²) in [6.07, 6.45) is -0.233. The highest BCUT2D eigenvalue weighted by molar-refractivity contribution is 9.10. The molecule has 1 aliphatic heterocycles. The van der Waals surface area contributed by atoms with Crippen LogP contribution < -0.4 is 11.1 Å². The van der Waals surface area contributed by atoms with E-state index in [4.69, 9.17) is 5.73 Å². The highest BCUT2D eigenvalue weighted by Crippen LogP contribution is 2.27. The van der Waals surface area contributed by atoms with Gasteiger partial charge in [0.25, 0.3) is 10.0 Å². The van der Waals surface area contributed by atoms with Crippen LogP contribution >= 0.6 is 15.9 Å². The highest BCUT2D eigenvalue weighted by Gasteiger charge is 2.39. The fourth-order valence-corrected chi connectivity index (χ4v) is 5.23. The molecule has 1 aromatic carbocycles. The Bertz CT molecular complexity index is 800. The molecule has 1 aliphatic rings. The van der Waals surface area contributed by atoms with Gasteiger partial charge >= 0.3 is 0 Å². The van der Waals surface area contributed by atoms with Gasteiger partial charge in [0, 0.05) is 23.9 Å². The molecule has 3 atom stereocenters. The molecule has 0 saturated carbocycles. The van der Waals surface area contributed by atoms with Crippen molar-refractivity contribution in [3.05, 3.63) is 28.7 Å². The Hall–Kier alpha value is -1.49. The zero-order chi connectivity index (χ0) is 20.9. The van der Waals surface area contributed by atoms with Crippen LogP contribution in [-0.2, 0) is 19.6 Å².